The Hall–Kier alpha value is -0.150. The van der Waals surface area contributed by atoms with E-state index in [9.17, 15) is 4.39 Å². The normalized spacial score (nSPS) is 29.5. The standard InChI is InChI=1S/C16H31FN2/c1-3-14(2)15-12-19(11-7-10-17)16(13-18-15)8-5-4-6-9-16/h14-15,18H,3-13H2,1-2H3. The molecule has 2 fully saturated rings. The van der Waals surface area contributed by atoms with Crippen molar-refractivity contribution in [1.82, 2.24) is 10.2 Å². The van der Waals surface area contributed by atoms with E-state index in [1.54, 1.807) is 0 Å². The van der Waals surface area contributed by atoms with Gasteiger partial charge in [-0.15, -0.1) is 0 Å². The maximum Gasteiger partial charge on any atom is 0.0906 e. The van der Waals surface area contributed by atoms with Gasteiger partial charge in [0.2, 0.25) is 0 Å². The highest BCUT2D eigenvalue weighted by Crippen LogP contribution is 2.36. The van der Waals surface area contributed by atoms with Crippen LogP contribution in [0.1, 0.15) is 58.8 Å². The lowest BCUT2D eigenvalue weighted by atomic mass is 9.77. The number of hydrogen-bond donors (Lipinski definition) is 1. The molecule has 0 aromatic rings. The van der Waals surface area contributed by atoms with E-state index in [-0.39, 0.29) is 6.67 Å². The monoisotopic (exact) mass is 270 g/mol. The molecular formula is C16H31FN2. The third-order valence-corrected chi connectivity index (χ3v) is 5.46. The average Bonchev–Trinajstić information content (AvgIpc) is 2.46. The molecule has 0 aromatic carbocycles. The van der Waals surface area contributed by atoms with Gasteiger partial charge >= 0.3 is 0 Å². The molecule has 1 spiro atoms. The Balaban J connectivity index is 2.02. The molecule has 1 N–H and O–H groups in total. The molecule has 0 bridgehead atoms. The number of piperazine rings is 1. The van der Waals surface area contributed by atoms with Crippen molar-refractivity contribution in [1.29, 1.82) is 0 Å². The molecule has 2 nitrogen and oxygen atoms in total. The SMILES string of the molecule is CCC(C)C1CN(CCCF)C2(CCCCC2)CN1. The lowest BCUT2D eigenvalue weighted by molar-refractivity contribution is -0.00118. The van der Waals surface area contributed by atoms with Gasteiger partial charge in [0.15, 0.2) is 0 Å². The predicted molar refractivity (Wildman–Crippen MR) is 79.2 cm³/mol. The van der Waals surface area contributed by atoms with Crippen LogP contribution in [-0.2, 0) is 0 Å². The van der Waals surface area contributed by atoms with Crippen molar-refractivity contribution in [3.05, 3.63) is 0 Å². The van der Waals surface area contributed by atoms with Gasteiger partial charge in [-0.2, -0.15) is 0 Å². The van der Waals surface area contributed by atoms with Gasteiger partial charge in [-0.05, 0) is 25.2 Å². The molecule has 2 rings (SSSR count). The highest BCUT2D eigenvalue weighted by molar-refractivity contribution is 5.01. The van der Waals surface area contributed by atoms with E-state index >= 15 is 0 Å². The first-order valence-corrected chi connectivity index (χ1v) is 8.26. The first-order chi connectivity index (χ1) is 9.22. The maximum atomic E-state index is 12.6. The second kappa shape index (κ2) is 7.03. The molecule has 0 radical (unpaired) electrons. The third-order valence-electron chi connectivity index (χ3n) is 5.46. The zero-order chi connectivity index (χ0) is 13.7. The Kier molecular flexibility index (Phi) is 5.64. The van der Waals surface area contributed by atoms with Crippen molar-refractivity contribution in [2.24, 2.45) is 5.92 Å². The maximum absolute atomic E-state index is 12.6. The molecule has 3 heteroatoms. The predicted octanol–water partition coefficient (Wildman–Crippen LogP) is 3.37. The molecular weight excluding hydrogens is 239 g/mol. The summed E-state index contributed by atoms with van der Waals surface area (Å²) < 4.78 is 12.6. The number of rotatable bonds is 5. The van der Waals surface area contributed by atoms with E-state index < -0.39 is 0 Å². The van der Waals surface area contributed by atoms with Crippen molar-refractivity contribution >= 4 is 0 Å². The van der Waals surface area contributed by atoms with E-state index in [4.69, 9.17) is 0 Å². The Labute approximate surface area is 118 Å². The van der Waals surface area contributed by atoms with Gasteiger partial charge in [0.25, 0.3) is 0 Å². The van der Waals surface area contributed by atoms with Crippen LogP contribution in [0.15, 0.2) is 0 Å². The molecule has 0 aromatic heterocycles. The Morgan fingerprint density at radius 1 is 1.32 bits per heavy atom. The van der Waals surface area contributed by atoms with Crippen molar-refractivity contribution < 1.29 is 4.39 Å². The van der Waals surface area contributed by atoms with Gasteiger partial charge in [-0.1, -0.05) is 39.5 Å². The molecule has 1 heterocycles. The molecule has 1 saturated heterocycles. The van der Waals surface area contributed by atoms with Crippen LogP contribution in [-0.4, -0.2) is 42.8 Å². The second-order valence-electron chi connectivity index (χ2n) is 6.65. The fourth-order valence-electron chi connectivity index (χ4n) is 3.88. The summed E-state index contributed by atoms with van der Waals surface area (Å²) in [5.41, 5.74) is 0.345. The van der Waals surface area contributed by atoms with Crippen LogP contribution in [0.3, 0.4) is 0 Å². The molecule has 19 heavy (non-hydrogen) atoms. The van der Waals surface area contributed by atoms with Crippen LogP contribution in [0, 0.1) is 5.92 Å². The highest BCUT2D eigenvalue weighted by atomic mass is 19.1. The van der Waals surface area contributed by atoms with Crippen LogP contribution in [0.2, 0.25) is 0 Å². The first kappa shape index (κ1) is 15.2. The van der Waals surface area contributed by atoms with Crippen LogP contribution in [0.25, 0.3) is 0 Å². The van der Waals surface area contributed by atoms with Gasteiger partial charge in [-0.25, -0.2) is 0 Å². The minimum atomic E-state index is -0.173. The molecule has 0 amide bonds. The lowest BCUT2D eigenvalue weighted by Gasteiger charge is -2.53. The summed E-state index contributed by atoms with van der Waals surface area (Å²) in [7, 11) is 0. The van der Waals surface area contributed by atoms with E-state index in [2.05, 4.69) is 24.1 Å². The number of nitrogens with zero attached hydrogens (tertiary/aromatic N) is 1. The van der Waals surface area contributed by atoms with Gasteiger partial charge in [0.05, 0.1) is 6.67 Å². The quantitative estimate of drug-likeness (QED) is 0.824. The molecule has 2 atom stereocenters. The smallest absolute Gasteiger partial charge is 0.0906 e. The van der Waals surface area contributed by atoms with Gasteiger partial charge in [-0.3, -0.25) is 9.29 Å². The first-order valence-electron chi connectivity index (χ1n) is 8.26. The van der Waals surface area contributed by atoms with E-state index in [0.29, 0.717) is 23.9 Å². The van der Waals surface area contributed by atoms with Crippen molar-refractivity contribution in [3.63, 3.8) is 0 Å². The number of nitrogens with one attached hydrogen (secondary N) is 1. The number of alkyl halides is 1. The van der Waals surface area contributed by atoms with Crippen molar-refractivity contribution in [2.45, 2.75) is 70.4 Å². The summed E-state index contributed by atoms with van der Waals surface area (Å²) in [5.74, 6) is 0.716. The minimum Gasteiger partial charge on any atom is -0.311 e. The average molecular weight is 270 g/mol. The van der Waals surface area contributed by atoms with Gasteiger partial charge in [0, 0.05) is 31.2 Å². The Morgan fingerprint density at radius 2 is 2.05 bits per heavy atom. The third kappa shape index (κ3) is 3.49. The van der Waals surface area contributed by atoms with E-state index in [0.717, 1.165) is 19.6 Å². The van der Waals surface area contributed by atoms with Gasteiger partial charge in [0.1, 0.15) is 0 Å². The topological polar surface area (TPSA) is 15.3 Å². The Bertz CT molecular complexity index is 263. The molecule has 112 valence electrons. The molecule has 1 aliphatic heterocycles. The van der Waals surface area contributed by atoms with Crippen molar-refractivity contribution in [2.75, 3.05) is 26.3 Å². The summed E-state index contributed by atoms with van der Waals surface area (Å²) in [4.78, 5) is 2.64. The zero-order valence-corrected chi connectivity index (χ0v) is 12.8. The summed E-state index contributed by atoms with van der Waals surface area (Å²) in [5, 5.41) is 3.80. The summed E-state index contributed by atoms with van der Waals surface area (Å²) >= 11 is 0. The summed E-state index contributed by atoms with van der Waals surface area (Å²) in [6.07, 6.45) is 8.62. The summed E-state index contributed by atoms with van der Waals surface area (Å²) in [6, 6.07) is 0.595. The van der Waals surface area contributed by atoms with Crippen LogP contribution < -0.4 is 5.32 Å². The molecule has 2 aliphatic rings. The number of halogens is 1. The van der Waals surface area contributed by atoms with Gasteiger partial charge < -0.3 is 5.32 Å². The molecule has 1 saturated carbocycles. The molecule has 2 unspecified atom stereocenters. The second-order valence-corrected chi connectivity index (χ2v) is 6.65. The van der Waals surface area contributed by atoms with Crippen LogP contribution >= 0.6 is 0 Å². The van der Waals surface area contributed by atoms with Crippen LogP contribution in [0.4, 0.5) is 4.39 Å². The highest BCUT2D eigenvalue weighted by Gasteiger charge is 2.42. The fraction of sp³-hybridized carbons (Fsp3) is 1.00. The fourth-order valence-corrected chi connectivity index (χ4v) is 3.88. The largest absolute Gasteiger partial charge is 0.311 e. The zero-order valence-electron chi connectivity index (χ0n) is 12.8. The number of hydrogen-bond acceptors (Lipinski definition) is 2. The summed E-state index contributed by atoms with van der Waals surface area (Å²) in [6.45, 7) is 7.62. The lowest BCUT2D eigenvalue weighted by Crippen LogP contribution is -2.66. The minimum absolute atomic E-state index is 0.173. The molecule has 1 aliphatic carbocycles. The van der Waals surface area contributed by atoms with E-state index in [1.165, 1.54) is 38.5 Å². The van der Waals surface area contributed by atoms with Crippen molar-refractivity contribution in [3.8, 4) is 0 Å². The Morgan fingerprint density at radius 3 is 2.68 bits per heavy atom. The van der Waals surface area contributed by atoms with E-state index in [1.807, 2.05) is 0 Å². The van der Waals surface area contributed by atoms with Crippen LogP contribution in [0.5, 0.6) is 0 Å².